The van der Waals surface area contributed by atoms with E-state index in [0.717, 1.165) is 65.4 Å². The van der Waals surface area contributed by atoms with Crippen molar-refractivity contribution in [3.63, 3.8) is 0 Å². The van der Waals surface area contributed by atoms with Crippen LogP contribution in [-0.2, 0) is 0 Å². The summed E-state index contributed by atoms with van der Waals surface area (Å²) < 4.78 is 7.46. The number of benzene rings is 1. The van der Waals surface area contributed by atoms with E-state index in [2.05, 4.69) is 15.4 Å². The van der Waals surface area contributed by atoms with Crippen molar-refractivity contribution >= 4 is 22.8 Å². The third-order valence-electron chi connectivity index (χ3n) is 5.97. The lowest BCUT2D eigenvalue weighted by atomic mass is 9.81. The Morgan fingerprint density at radius 1 is 1.07 bits per heavy atom. The van der Waals surface area contributed by atoms with Crippen LogP contribution in [0.2, 0.25) is 0 Å². The van der Waals surface area contributed by atoms with Crippen LogP contribution in [-0.4, -0.2) is 20.6 Å². The van der Waals surface area contributed by atoms with E-state index in [9.17, 15) is 0 Å². The van der Waals surface area contributed by atoms with Gasteiger partial charge in [-0.1, -0.05) is 0 Å². The number of aryl methyl sites for hydroxylation is 1. The molecule has 154 valence electrons. The molecule has 30 heavy (non-hydrogen) atoms. The van der Waals surface area contributed by atoms with Gasteiger partial charge in [0.15, 0.2) is 5.65 Å². The topological polar surface area (TPSA) is 107 Å². The normalized spacial score (nSPS) is 19.3. The van der Waals surface area contributed by atoms with Crippen LogP contribution in [0.3, 0.4) is 0 Å². The second-order valence-corrected chi connectivity index (χ2v) is 8.09. The van der Waals surface area contributed by atoms with Crippen LogP contribution in [0.4, 0.5) is 17.2 Å². The molecule has 1 aliphatic carbocycles. The quantitative estimate of drug-likeness (QED) is 0.460. The number of nitrogens with two attached hydrogens (primary N) is 2. The Kier molecular flexibility index (Phi) is 4.67. The van der Waals surface area contributed by atoms with Crippen LogP contribution < -0.4 is 16.8 Å². The number of hydrogen-bond acceptors (Lipinski definition) is 6. The smallest absolute Gasteiger partial charge is 0.177 e. The highest BCUT2D eigenvalue weighted by atomic mass is 16.3. The Balaban J connectivity index is 1.51. The average Bonchev–Trinajstić information content (AvgIpc) is 3.38. The maximum atomic E-state index is 6.42. The summed E-state index contributed by atoms with van der Waals surface area (Å²) in [5.74, 6) is 2.64. The second-order valence-electron chi connectivity index (χ2n) is 8.09. The minimum atomic E-state index is 0.278. The standard InChI is InChI=1S/C23H26N6O/c1-14-2-11-19(30-14)15-5-9-18(10-6-15)27-21-20(16-3-7-17(24)8-4-16)22(25)28-29-13-12-26-23(21)29/h2,5-6,9-13,16-17,27H,3-4,7-8,24H2,1H3,(H2,25,28)/t16-,17-. The number of nitrogens with one attached hydrogen (secondary N) is 1. The molecule has 3 aromatic heterocycles. The molecule has 3 heterocycles. The number of aromatic nitrogens is 3. The predicted octanol–water partition coefficient (Wildman–Crippen LogP) is 4.61. The van der Waals surface area contributed by atoms with Gasteiger partial charge in [0.2, 0.25) is 0 Å². The number of imidazole rings is 1. The Bertz CT molecular complexity index is 1170. The Morgan fingerprint density at radius 3 is 2.53 bits per heavy atom. The van der Waals surface area contributed by atoms with E-state index in [1.54, 1.807) is 10.7 Å². The molecular formula is C23H26N6O. The van der Waals surface area contributed by atoms with Gasteiger partial charge in [0.1, 0.15) is 17.3 Å². The first-order valence-electron chi connectivity index (χ1n) is 10.4. The van der Waals surface area contributed by atoms with Crippen molar-refractivity contribution in [2.24, 2.45) is 5.73 Å². The fourth-order valence-electron chi connectivity index (χ4n) is 4.37. The maximum absolute atomic E-state index is 6.42. The van der Waals surface area contributed by atoms with E-state index < -0.39 is 0 Å². The number of fused-ring (bicyclic) bond motifs is 1. The molecule has 0 atom stereocenters. The molecule has 1 saturated carbocycles. The molecule has 0 unspecified atom stereocenters. The third-order valence-corrected chi connectivity index (χ3v) is 5.97. The Labute approximate surface area is 175 Å². The lowest BCUT2D eigenvalue weighted by Gasteiger charge is -2.28. The summed E-state index contributed by atoms with van der Waals surface area (Å²) in [7, 11) is 0. The van der Waals surface area contributed by atoms with Crippen LogP contribution in [0.5, 0.6) is 0 Å². The van der Waals surface area contributed by atoms with Gasteiger partial charge in [-0.3, -0.25) is 0 Å². The summed E-state index contributed by atoms with van der Waals surface area (Å²) in [5, 5.41) is 8.11. The van der Waals surface area contributed by atoms with E-state index in [-0.39, 0.29) is 6.04 Å². The number of hydrogen-bond donors (Lipinski definition) is 3. The van der Waals surface area contributed by atoms with Gasteiger partial charge >= 0.3 is 0 Å². The van der Waals surface area contributed by atoms with Gasteiger partial charge in [0, 0.05) is 35.2 Å². The van der Waals surface area contributed by atoms with Crippen molar-refractivity contribution in [1.82, 2.24) is 14.6 Å². The molecule has 5 rings (SSSR count). The lowest BCUT2D eigenvalue weighted by Crippen LogP contribution is -2.26. The van der Waals surface area contributed by atoms with Gasteiger partial charge in [-0.15, -0.1) is 5.10 Å². The van der Waals surface area contributed by atoms with Crippen LogP contribution in [0.1, 0.15) is 42.9 Å². The molecule has 0 saturated heterocycles. The molecule has 0 spiro atoms. The van der Waals surface area contributed by atoms with Gasteiger partial charge in [-0.2, -0.15) is 0 Å². The van der Waals surface area contributed by atoms with Crippen molar-refractivity contribution in [2.75, 3.05) is 11.1 Å². The van der Waals surface area contributed by atoms with E-state index in [0.29, 0.717) is 11.7 Å². The zero-order valence-electron chi connectivity index (χ0n) is 17.0. The Morgan fingerprint density at radius 2 is 1.83 bits per heavy atom. The summed E-state index contributed by atoms with van der Waals surface area (Å²) in [5.41, 5.74) is 17.3. The number of nitrogen functional groups attached to an aromatic ring is 1. The first-order valence-corrected chi connectivity index (χ1v) is 10.4. The zero-order valence-corrected chi connectivity index (χ0v) is 17.0. The first kappa shape index (κ1) is 18.7. The highest BCUT2D eigenvalue weighted by Gasteiger charge is 2.27. The molecule has 0 aliphatic heterocycles. The fraction of sp³-hybridized carbons (Fsp3) is 0.304. The highest BCUT2D eigenvalue weighted by molar-refractivity contribution is 5.81. The molecule has 7 nitrogen and oxygen atoms in total. The van der Waals surface area contributed by atoms with Gasteiger partial charge in [0.05, 0.1) is 5.69 Å². The van der Waals surface area contributed by atoms with E-state index in [4.69, 9.17) is 15.9 Å². The Hall–Kier alpha value is -3.32. The van der Waals surface area contributed by atoms with Gasteiger partial charge in [-0.25, -0.2) is 9.50 Å². The van der Waals surface area contributed by atoms with Gasteiger partial charge in [-0.05, 0) is 74.9 Å². The number of rotatable bonds is 4. The lowest BCUT2D eigenvalue weighted by molar-refractivity contribution is 0.396. The van der Waals surface area contributed by atoms with Crippen molar-refractivity contribution in [1.29, 1.82) is 0 Å². The first-order chi connectivity index (χ1) is 14.6. The molecule has 0 radical (unpaired) electrons. The number of nitrogens with zero attached hydrogens (tertiary/aromatic N) is 3. The van der Waals surface area contributed by atoms with Crippen molar-refractivity contribution in [3.05, 3.63) is 60.1 Å². The molecule has 0 bridgehead atoms. The molecular weight excluding hydrogens is 376 g/mol. The third kappa shape index (κ3) is 3.41. The van der Waals surface area contributed by atoms with E-state index in [1.165, 1.54) is 0 Å². The van der Waals surface area contributed by atoms with Crippen molar-refractivity contribution in [3.8, 4) is 11.3 Å². The zero-order chi connectivity index (χ0) is 20.7. The summed E-state index contributed by atoms with van der Waals surface area (Å²) >= 11 is 0. The van der Waals surface area contributed by atoms with E-state index in [1.807, 2.05) is 49.5 Å². The van der Waals surface area contributed by atoms with Crippen molar-refractivity contribution in [2.45, 2.75) is 44.6 Å². The fourth-order valence-corrected chi connectivity index (χ4v) is 4.37. The van der Waals surface area contributed by atoms with Crippen LogP contribution in [0.15, 0.2) is 53.2 Å². The molecule has 4 aromatic rings. The molecule has 0 amide bonds. The highest BCUT2D eigenvalue weighted by Crippen LogP contribution is 2.41. The summed E-state index contributed by atoms with van der Waals surface area (Å²) in [6.07, 6.45) is 7.58. The SMILES string of the molecule is Cc1ccc(-c2ccc(Nc3c4nccn4nc(N)c3[C@H]3CC[C@H](N)CC3)cc2)o1. The molecule has 7 heteroatoms. The molecule has 1 fully saturated rings. The molecule has 5 N–H and O–H groups in total. The maximum Gasteiger partial charge on any atom is 0.177 e. The monoisotopic (exact) mass is 402 g/mol. The molecule has 1 aliphatic rings. The molecule has 1 aromatic carbocycles. The van der Waals surface area contributed by atoms with Crippen LogP contribution in [0.25, 0.3) is 17.0 Å². The predicted molar refractivity (Wildman–Crippen MR) is 119 cm³/mol. The number of anilines is 3. The largest absolute Gasteiger partial charge is 0.461 e. The summed E-state index contributed by atoms with van der Waals surface area (Å²) in [6.45, 7) is 1.95. The summed E-state index contributed by atoms with van der Waals surface area (Å²) in [4.78, 5) is 4.54. The van der Waals surface area contributed by atoms with E-state index >= 15 is 0 Å². The average molecular weight is 403 g/mol. The second kappa shape index (κ2) is 7.50. The minimum Gasteiger partial charge on any atom is -0.461 e. The van der Waals surface area contributed by atoms with Crippen LogP contribution >= 0.6 is 0 Å². The van der Waals surface area contributed by atoms with Crippen molar-refractivity contribution < 1.29 is 4.42 Å². The van der Waals surface area contributed by atoms with Gasteiger partial charge in [0.25, 0.3) is 0 Å². The van der Waals surface area contributed by atoms with Crippen LogP contribution in [0, 0.1) is 6.92 Å². The van der Waals surface area contributed by atoms with Gasteiger partial charge < -0.3 is 21.2 Å². The summed E-state index contributed by atoms with van der Waals surface area (Å²) in [6, 6.07) is 12.4. The number of furan rings is 1. The minimum absolute atomic E-state index is 0.278.